The van der Waals surface area contributed by atoms with Gasteiger partial charge in [0.15, 0.2) is 0 Å². The topological polar surface area (TPSA) is 77.8 Å². The molecule has 3 aromatic rings. The molecule has 1 aliphatic heterocycles. The van der Waals surface area contributed by atoms with Gasteiger partial charge >= 0.3 is 0 Å². The molecule has 2 aromatic carbocycles. The Balaban J connectivity index is 1.42. The fraction of sp³-hybridized carbons (Fsp3) is 0.280. The molecule has 1 aliphatic rings. The Morgan fingerprint density at radius 1 is 1.00 bits per heavy atom. The van der Waals surface area contributed by atoms with E-state index in [0.29, 0.717) is 17.0 Å². The molecule has 2 N–H and O–H groups in total. The van der Waals surface area contributed by atoms with E-state index in [-0.39, 0.29) is 30.9 Å². The first kappa shape index (κ1) is 21.8. The molecular weight excluding hydrogens is 404 g/mol. The molecule has 2 heterocycles. The van der Waals surface area contributed by atoms with Gasteiger partial charge in [0.1, 0.15) is 5.76 Å². The van der Waals surface area contributed by atoms with Gasteiger partial charge in [-0.15, -0.1) is 0 Å². The molecule has 7 nitrogen and oxygen atoms in total. The number of nitrogens with zero attached hydrogens (tertiary/aromatic N) is 2. The van der Waals surface area contributed by atoms with E-state index in [0.717, 1.165) is 19.6 Å². The van der Waals surface area contributed by atoms with Crippen molar-refractivity contribution in [1.29, 1.82) is 0 Å². The largest absolute Gasteiger partial charge is 0.467 e. The number of likely N-dealkylation sites (N-methyl/N-ethyl adjacent to an activating group) is 1. The second kappa shape index (κ2) is 10.3. The Bertz CT molecular complexity index is 1040. The van der Waals surface area contributed by atoms with E-state index in [9.17, 15) is 9.59 Å². The molecule has 0 bridgehead atoms. The number of carbonyl (C=O) groups is 2. The van der Waals surface area contributed by atoms with Crippen LogP contribution in [0.3, 0.4) is 0 Å². The normalized spacial score (nSPS) is 17.1. The Labute approximate surface area is 188 Å². The third-order valence-electron chi connectivity index (χ3n) is 5.67. The molecule has 0 radical (unpaired) electrons. The highest BCUT2D eigenvalue weighted by Crippen LogP contribution is 2.25. The maximum absolute atomic E-state index is 12.9. The molecule has 0 aliphatic carbocycles. The van der Waals surface area contributed by atoms with E-state index in [2.05, 4.69) is 39.6 Å². The highest BCUT2D eigenvalue weighted by atomic mass is 16.3. The standard InChI is InChI=1S/C25H28N4O3/c1-28-13-14-29(23(17-28)19-8-3-2-4-9-19)18-24(30)27-22-12-6-5-11-21(22)25(31)26-16-20-10-7-15-32-20/h2-12,15,23H,13-14,16-18H2,1H3,(H,26,31)(H,27,30). The van der Waals surface area contributed by atoms with Crippen molar-refractivity contribution in [3.05, 3.63) is 89.9 Å². The number of hydrogen-bond donors (Lipinski definition) is 2. The van der Waals surface area contributed by atoms with Gasteiger partial charge in [0.05, 0.1) is 30.6 Å². The van der Waals surface area contributed by atoms with Gasteiger partial charge in [-0.25, -0.2) is 0 Å². The number of rotatable bonds is 7. The van der Waals surface area contributed by atoms with E-state index < -0.39 is 0 Å². The van der Waals surface area contributed by atoms with E-state index in [1.807, 2.05) is 24.3 Å². The molecule has 1 saturated heterocycles. The van der Waals surface area contributed by atoms with Crippen LogP contribution in [0.4, 0.5) is 5.69 Å². The summed E-state index contributed by atoms with van der Waals surface area (Å²) in [5.41, 5.74) is 2.12. The van der Waals surface area contributed by atoms with Gasteiger partial charge in [-0.3, -0.25) is 14.5 Å². The van der Waals surface area contributed by atoms with Crippen LogP contribution in [0.5, 0.6) is 0 Å². The summed E-state index contributed by atoms with van der Waals surface area (Å²) in [7, 11) is 2.10. The lowest BCUT2D eigenvalue weighted by Gasteiger charge is -2.40. The third-order valence-corrected chi connectivity index (χ3v) is 5.67. The van der Waals surface area contributed by atoms with Crippen molar-refractivity contribution < 1.29 is 14.0 Å². The van der Waals surface area contributed by atoms with Gasteiger partial charge < -0.3 is 20.0 Å². The smallest absolute Gasteiger partial charge is 0.253 e. The maximum atomic E-state index is 12.9. The van der Waals surface area contributed by atoms with Crippen LogP contribution in [0.15, 0.2) is 77.4 Å². The number of nitrogens with one attached hydrogen (secondary N) is 2. The van der Waals surface area contributed by atoms with Gasteiger partial charge in [-0.05, 0) is 36.9 Å². The molecule has 2 amide bonds. The minimum absolute atomic E-state index is 0.137. The molecule has 1 unspecified atom stereocenters. The highest BCUT2D eigenvalue weighted by molar-refractivity contribution is 6.04. The summed E-state index contributed by atoms with van der Waals surface area (Å²) in [6.07, 6.45) is 1.57. The molecule has 4 rings (SSSR count). The summed E-state index contributed by atoms with van der Waals surface area (Å²) >= 11 is 0. The zero-order chi connectivity index (χ0) is 22.3. The summed E-state index contributed by atoms with van der Waals surface area (Å²) in [5.74, 6) is 0.266. The molecule has 1 aromatic heterocycles. The second-order valence-electron chi connectivity index (χ2n) is 8.02. The van der Waals surface area contributed by atoms with Gasteiger partial charge in [0.25, 0.3) is 5.91 Å². The molecule has 166 valence electrons. The Morgan fingerprint density at radius 2 is 1.78 bits per heavy atom. The van der Waals surface area contributed by atoms with E-state index in [1.54, 1.807) is 36.6 Å². The van der Waals surface area contributed by atoms with Crippen LogP contribution in [0.25, 0.3) is 0 Å². The lowest BCUT2D eigenvalue weighted by molar-refractivity contribution is -0.118. The number of anilines is 1. The quantitative estimate of drug-likeness (QED) is 0.600. The lowest BCUT2D eigenvalue weighted by Crippen LogP contribution is -2.49. The van der Waals surface area contributed by atoms with E-state index in [4.69, 9.17) is 4.42 Å². The molecule has 0 saturated carbocycles. The summed E-state index contributed by atoms with van der Waals surface area (Å²) in [6, 6.07) is 21.0. The summed E-state index contributed by atoms with van der Waals surface area (Å²) < 4.78 is 5.26. The summed E-state index contributed by atoms with van der Waals surface area (Å²) in [4.78, 5) is 30.1. The van der Waals surface area contributed by atoms with Crippen molar-refractivity contribution in [2.45, 2.75) is 12.6 Å². The average molecular weight is 433 g/mol. The monoisotopic (exact) mass is 432 g/mol. The molecule has 0 spiro atoms. The average Bonchev–Trinajstić information content (AvgIpc) is 3.33. The number of benzene rings is 2. The summed E-state index contributed by atoms with van der Waals surface area (Å²) in [6.45, 7) is 3.12. The van der Waals surface area contributed by atoms with Gasteiger partial charge in [0, 0.05) is 25.7 Å². The predicted molar refractivity (Wildman–Crippen MR) is 123 cm³/mol. The predicted octanol–water partition coefficient (Wildman–Crippen LogP) is 3.14. The highest BCUT2D eigenvalue weighted by Gasteiger charge is 2.28. The van der Waals surface area contributed by atoms with Crippen LogP contribution in [0.1, 0.15) is 27.7 Å². The van der Waals surface area contributed by atoms with Crippen LogP contribution in [-0.4, -0.2) is 54.8 Å². The number of furan rings is 1. The number of piperazine rings is 1. The maximum Gasteiger partial charge on any atom is 0.253 e. The van der Waals surface area contributed by atoms with E-state index in [1.165, 1.54) is 5.56 Å². The minimum atomic E-state index is -0.265. The second-order valence-corrected chi connectivity index (χ2v) is 8.02. The zero-order valence-electron chi connectivity index (χ0n) is 18.2. The van der Waals surface area contributed by atoms with Crippen LogP contribution in [0, 0.1) is 0 Å². The number of hydrogen-bond acceptors (Lipinski definition) is 5. The van der Waals surface area contributed by atoms with Crippen LogP contribution in [0.2, 0.25) is 0 Å². The summed E-state index contributed by atoms with van der Waals surface area (Å²) in [5, 5.41) is 5.77. The third kappa shape index (κ3) is 5.43. The fourth-order valence-corrected chi connectivity index (χ4v) is 3.98. The molecule has 1 atom stereocenters. The van der Waals surface area contributed by atoms with Crippen LogP contribution < -0.4 is 10.6 Å². The molecular formula is C25H28N4O3. The Morgan fingerprint density at radius 3 is 2.56 bits per heavy atom. The first-order chi connectivity index (χ1) is 15.6. The van der Waals surface area contributed by atoms with Gasteiger partial charge in [-0.2, -0.15) is 0 Å². The van der Waals surface area contributed by atoms with Crippen molar-refractivity contribution in [3.8, 4) is 0 Å². The van der Waals surface area contributed by atoms with Crippen LogP contribution in [-0.2, 0) is 11.3 Å². The lowest BCUT2D eigenvalue weighted by atomic mass is 10.0. The molecule has 32 heavy (non-hydrogen) atoms. The van der Waals surface area contributed by atoms with Gasteiger partial charge in [0.2, 0.25) is 5.91 Å². The first-order valence-electron chi connectivity index (χ1n) is 10.8. The Kier molecular flexibility index (Phi) is 6.99. The van der Waals surface area contributed by atoms with Crippen LogP contribution >= 0.6 is 0 Å². The fourth-order valence-electron chi connectivity index (χ4n) is 3.98. The van der Waals surface area contributed by atoms with Gasteiger partial charge in [-0.1, -0.05) is 42.5 Å². The molecule has 7 heteroatoms. The van der Waals surface area contributed by atoms with Crippen molar-refractivity contribution in [1.82, 2.24) is 15.1 Å². The van der Waals surface area contributed by atoms with Crippen molar-refractivity contribution >= 4 is 17.5 Å². The SMILES string of the molecule is CN1CCN(CC(=O)Nc2ccccc2C(=O)NCc2ccco2)C(c2ccccc2)C1. The van der Waals surface area contributed by atoms with Crippen molar-refractivity contribution in [3.63, 3.8) is 0 Å². The van der Waals surface area contributed by atoms with Crippen molar-refractivity contribution in [2.24, 2.45) is 0 Å². The number of carbonyl (C=O) groups excluding carboxylic acids is 2. The Hall–Kier alpha value is -3.42. The first-order valence-corrected chi connectivity index (χ1v) is 10.8. The van der Waals surface area contributed by atoms with E-state index >= 15 is 0 Å². The number of amides is 2. The van der Waals surface area contributed by atoms with Crippen molar-refractivity contribution in [2.75, 3.05) is 38.5 Å². The molecule has 1 fully saturated rings. The zero-order valence-corrected chi connectivity index (χ0v) is 18.2. The minimum Gasteiger partial charge on any atom is -0.467 e. The number of para-hydroxylation sites is 1.